The zero-order valence-corrected chi connectivity index (χ0v) is 14.3. The Morgan fingerprint density at radius 2 is 1.82 bits per heavy atom. The quantitative estimate of drug-likeness (QED) is 0.907. The third-order valence-corrected chi connectivity index (χ3v) is 6.00. The van der Waals surface area contributed by atoms with Crippen molar-refractivity contribution < 1.29 is 9.47 Å². The molecule has 0 spiro atoms. The summed E-state index contributed by atoms with van der Waals surface area (Å²) in [6.45, 7) is 0. The Morgan fingerprint density at radius 3 is 2.50 bits per heavy atom. The fraction of sp³-hybridized carbons (Fsp3) is 0.667. The van der Waals surface area contributed by atoms with Gasteiger partial charge in [-0.2, -0.15) is 11.8 Å². The van der Waals surface area contributed by atoms with E-state index >= 15 is 0 Å². The Labute approximate surface area is 137 Å². The van der Waals surface area contributed by atoms with E-state index in [1.165, 1.54) is 36.3 Å². The monoisotopic (exact) mass is 321 g/mol. The second-order valence-electron chi connectivity index (χ2n) is 6.51. The average Bonchev–Trinajstić information content (AvgIpc) is 2.57. The highest BCUT2D eigenvalue weighted by Gasteiger charge is 2.30. The van der Waals surface area contributed by atoms with Gasteiger partial charge in [-0.3, -0.25) is 0 Å². The summed E-state index contributed by atoms with van der Waals surface area (Å²) in [6.07, 6.45) is 8.44. The number of thioether (sulfide) groups is 1. The zero-order valence-electron chi connectivity index (χ0n) is 13.5. The van der Waals surface area contributed by atoms with E-state index in [0.29, 0.717) is 6.10 Å². The molecular formula is C18H27NO2S. The molecule has 2 fully saturated rings. The van der Waals surface area contributed by atoms with E-state index in [1.54, 1.807) is 7.11 Å². The van der Waals surface area contributed by atoms with Crippen LogP contribution in [0, 0.1) is 0 Å². The summed E-state index contributed by atoms with van der Waals surface area (Å²) in [5.41, 5.74) is 7.64. The van der Waals surface area contributed by atoms with Crippen LogP contribution in [0.25, 0.3) is 0 Å². The summed E-state index contributed by atoms with van der Waals surface area (Å²) in [7, 11) is 1.72. The van der Waals surface area contributed by atoms with Crippen LogP contribution in [-0.4, -0.2) is 24.7 Å². The number of ether oxygens (including phenoxy) is 2. The Balaban J connectivity index is 1.77. The van der Waals surface area contributed by atoms with Gasteiger partial charge < -0.3 is 15.2 Å². The highest BCUT2D eigenvalue weighted by molar-refractivity contribution is 7.99. The SMILES string of the molecule is COc1cc(C2(N)CCCCC2)ccc1OC1CCSCC1. The van der Waals surface area contributed by atoms with Crippen LogP contribution in [-0.2, 0) is 5.54 Å². The van der Waals surface area contributed by atoms with Gasteiger partial charge in [0.1, 0.15) is 6.10 Å². The molecule has 3 rings (SSSR count). The smallest absolute Gasteiger partial charge is 0.161 e. The molecule has 2 N–H and O–H groups in total. The molecule has 2 aliphatic rings. The second-order valence-corrected chi connectivity index (χ2v) is 7.74. The van der Waals surface area contributed by atoms with Gasteiger partial charge in [0.05, 0.1) is 7.11 Å². The van der Waals surface area contributed by atoms with Gasteiger partial charge in [-0.05, 0) is 54.9 Å². The molecule has 0 unspecified atom stereocenters. The molecule has 0 bridgehead atoms. The van der Waals surface area contributed by atoms with Crippen molar-refractivity contribution in [1.29, 1.82) is 0 Å². The molecule has 0 aromatic heterocycles. The van der Waals surface area contributed by atoms with Crippen LogP contribution >= 0.6 is 11.8 Å². The van der Waals surface area contributed by atoms with Crippen molar-refractivity contribution in [2.75, 3.05) is 18.6 Å². The molecule has 1 heterocycles. The van der Waals surface area contributed by atoms with Gasteiger partial charge in [0.15, 0.2) is 11.5 Å². The maximum Gasteiger partial charge on any atom is 0.161 e. The highest BCUT2D eigenvalue weighted by Crippen LogP contribution is 2.39. The first-order valence-corrected chi connectivity index (χ1v) is 9.58. The third kappa shape index (κ3) is 3.54. The minimum Gasteiger partial charge on any atom is -0.493 e. The van der Waals surface area contributed by atoms with E-state index in [0.717, 1.165) is 37.2 Å². The minimum atomic E-state index is -0.189. The van der Waals surface area contributed by atoms with Gasteiger partial charge in [-0.1, -0.05) is 25.3 Å². The standard InChI is InChI=1S/C18H27NO2S/c1-20-17-13-14(18(19)9-3-2-4-10-18)5-6-16(17)21-15-7-11-22-12-8-15/h5-6,13,15H,2-4,7-12,19H2,1H3. The number of rotatable bonds is 4. The van der Waals surface area contributed by atoms with Crippen LogP contribution in [0.4, 0.5) is 0 Å². The fourth-order valence-corrected chi connectivity index (χ4v) is 4.58. The molecule has 1 aromatic rings. The first-order chi connectivity index (χ1) is 10.7. The number of nitrogens with two attached hydrogens (primary N) is 1. The van der Waals surface area contributed by atoms with Crippen LogP contribution in [0.1, 0.15) is 50.5 Å². The third-order valence-electron chi connectivity index (χ3n) is 4.95. The van der Waals surface area contributed by atoms with E-state index in [-0.39, 0.29) is 5.54 Å². The van der Waals surface area contributed by atoms with Crippen molar-refractivity contribution in [3.63, 3.8) is 0 Å². The summed E-state index contributed by atoms with van der Waals surface area (Å²) in [6, 6.07) is 6.29. The van der Waals surface area contributed by atoms with Crippen molar-refractivity contribution in [1.82, 2.24) is 0 Å². The number of hydrogen-bond donors (Lipinski definition) is 1. The van der Waals surface area contributed by atoms with Crippen LogP contribution in [0.15, 0.2) is 18.2 Å². The van der Waals surface area contributed by atoms with Crippen LogP contribution in [0.5, 0.6) is 11.5 Å². The maximum atomic E-state index is 6.64. The molecule has 1 aromatic carbocycles. The molecule has 1 saturated heterocycles. The summed E-state index contributed by atoms with van der Waals surface area (Å²) in [5.74, 6) is 4.07. The van der Waals surface area contributed by atoms with Gasteiger partial charge in [0.2, 0.25) is 0 Å². The molecule has 4 heteroatoms. The zero-order chi connectivity index (χ0) is 15.4. The molecule has 1 aliphatic carbocycles. The molecule has 22 heavy (non-hydrogen) atoms. The molecule has 0 radical (unpaired) electrons. The molecule has 0 atom stereocenters. The lowest BCUT2D eigenvalue weighted by molar-refractivity contribution is 0.184. The average molecular weight is 321 g/mol. The van der Waals surface area contributed by atoms with Crippen molar-refractivity contribution in [2.24, 2.45) is 5.73 Å². The van der Waals surface area contributed by atoms with Crippen LogP contribution in [0.2, 0.25) is 0 Å². The predicted octanol–water partition coefficient (Wildman–Crippen LogP) is 4.09. The molecular weight excluding hydrogens is 294 g/mol. The molecule has 0 amide bonds. The number of methoxy groups -OCH3 is 1. The highest BCUT2D eigenvalue weighted by atomic mass is 32.2. The van der Waals surface area contributed by atoms with Gasteiger partial charge >= 0.3 is 0 Å². The van der Waals surface area contributed by atoms with Crippen molar-refractivity contribution in [3.05, 3.63) is 23.8 Å². The number of benzene rings is 1. The lowest BCUT2D eigenvalue weighted by atomic mass is 9.77. The summed E-state index contributed by atoms with van der Waals surface area (Å²) in [4.78, 5) is 0. The lowest BCUT2D eigenvalue weighted by Gasteiger charge is -2.34. The fourth-order valence-electron chi connectivity index (χ4n) is 3.52. The minimum absolute atomic E-state index is 0.189. The van der Waals surface area contributed by atoms with Gasteiger partial charge in [0.25, 0.3) is 0 Å². The predicted molar refractivity (Wildman–Crippen MR) is 92.9 cm³/mol. The van der Waals surface area contributed by atoms with E-state index in [9.17, 15) is 0 Å². The molecule has 122 valence electrons. The lowest BCUT2D eigenvalue weighted by Crippen LogP contribution is -2.38. The van der Waals surface area contributed by atoms with Crippen molar-refractivity contribution >= 4 is 11.8 Å². The largest absolute Gasteiger partial charge is 0.493 e. The first-order valence-electron chi connectivity index (χ1n) is 8.43. The topological polar surface area (TPSA) is 44.5 Å². The van der Waals surface area contributed by atoms with Crippen molar-refractivity contribution in [2.45, 2.75) is 56.6 Å². The summed E-state index contributed by atoms with van der Waals surface area (Å²) < 4.78 is 11.8. The van der Waals surface area contributed by atoms with E-state index in [2.05, 4.69) is 18.2 Å². The molecule has 1 saturated carbocycles. The van der Waals surface area contributed by atoms with Gasteiger partial charge in [-0.15, -0.1) is 0 Å². The Kier molecular flexibility index (Phi) is 5.19. The van der Waals surface area contributed by atoms with E-state index in [1.807, 2.05) is 11.8 Å². The van der Waals surface area contributed by atoms with Crippen LogP contribution < -0.4 is 15.2 Å². The molecule has 3 nitrogen and oxygen atoms in total. The van der Waals surface area contributed by atoms with Gasteiger partial charge in [0, 0.05) is 5.54 Å². The normalized spacial score (nSPS) is 22.3. The summed E-state index contributed by atoms with van der Waals surface area (Å²) in [5, 5.41) is 0. The number of hydrogen-bond acceptors (Lipinski definition) is 4. The molecule has 1 aliphatic heterocycles. The maximum absolute atomic E-state index is 6.64. The van der Waals surface area contributed by atoms with E-state index in [4.69, 9.17) is 15.2 Å². The summed E-state index contributed by atoms with van der Waals surface area (Å²) >= 11 is 2.01. The second kappa shape index (κ2) is 7.14. The Bertz CT molecular complexity index is 494. The van der Waals surface area contributed by atoms with Crippen molar-refractivity contribution in [3.8, 4) is 11.5 Å². The first kappa shape index (κ1) is 16.0. The van der Waals surface area contributed by atoms with E-state index < -0.39 is 0 Å². The Morgan fingerprint density at radius 1 is 1.09 bits per heavy atom. The van der Waals surface area contributed by atoms with Gasteiger partial charge in [-0.25, -0.2) is 0 Å². The Hall–Kier alpha value is -0.870. The van der Waals surface area contributed by atoms with Crippen LogP contribution in [0.3, 0.4) is 0 Å².